The molecule has 1 rings (SSSR count). The monoisotopic (exact) mass is 244 g/mol. The summed E-state index contributed by atoms with van der Waals surface area (Å²) in [6.45, 7) is 6.54. The van der Waals surface area contributed by atoms with Gasteiger partial charge in [-0.25, -0.2) is 8.78 Å². The zero-order valence-corrected chi connectivity index (χ0v) is 10.5. The van der Waals surface area contributed by atoms with Gasteiger partial charge in [0.2, 0.25) is 0 Å². The molecule has 0 aliphatic carbocycles. The number of hydrogen-bond acceptors (Lipinski definition) is 2. The van der Waals surface area contributed by atoms with Gasteiger partial charge in [0.1, 0.15) is 17.7 Å². The molecule has 0 amide bonds. The molecule has 96 valence electrons. The highest BCUT2D eigenvalue weighted by Crippen LogP contribution is 2.33. The average Bonchev–Trinajstić information content (AvgIpc) is 2.21. The molecule has 0 heterocycles. The van der Waals surface area contributed by atoms with Gasteiger partial charge in [0.15, 0.2) is 0 Å². The van der Waals surface area contributed by atoms with Crippen molar-refractivity contribution in [1.29, 1.82) is 0 Å². The molecule has 17 heavy (non-hydrogen) atoms. The number of halogens is 2. The van der Waals surface area contributed by atoms with Crippen LogP contribution in [0, 0.1) is 24.0 Å². The van der Waals surface area contributed by atoms with Crippen LogP contribution in [0.4, 0.5) is 8.78 Å². The molecule has 2 nitrogen and oxygen atoms in total. The maximum atomic E-state index is 13.8. The minimum atomic E-state index is -1.57. The largest absolute Gasteiger partial charge is 0.390 e. The Morgan fingerprint density at radius 1 is 1.12 bits per heavy atom. The number of aliphatic hydroxyl groups is 2. The van der Waals surface area contributed by atoms with Crippen molar-refractivity contribution in [2.45, 2.75) is 39.9 Å². The van der Waals surface area contributed by atoms with Crippen molar-refractivity contribution in [3.8, 4) is 0 Å². The normalized spacial score (nSPS) is 15.8. The summed E-state index contributed by atoms with van der Waals surface area (Å²) in [6.07, 6.45) is -2.82. The van der Waals surface area contributed by atoms with Gasteiger partial charge >= 0.3 is 0 Å². The Morgan fingerprint density at radius 3 is 2.12 bits per heavy atom. The Hall–Kier alpha value is -1.00. The van der Waals surface area contributed by atoms with Gasteiger partial charge in [-0.05, 0) is 24.0 Å². The van der Waals surface area contributed by atoms with Crippen LogP contribution in [0.3, 0.4) is 0 Å². The zero-order valence-electron chi connectivity index (χ0n) is 10.5. The molecule has 1 aromatic carbocycles. The van der Waals surface area contributed by atoms with E-state index in [0.29, 0.717) is 0 Å². The van der Waals surface area contributed by atoms with Gasteiger partial charge in [-0.2, -0.15) is 0 Å². The summed E-state index contributed by atoms with van der Waals surface area (Å²) >= 11 is 0. The van der Waals surface area contributed by atoms with Gasteiger partial charge < -0.3 is 10.2 Å². The standard InChI is InChI=1S/C13H18F2O2/c1-7-5-6-8(14)9(10(7)15)11(16)12(17)13(2,3)4/h5-6,11-12,16-17H,1-4H3. The van der Waals surface area contributed by atoms with Crippen LogP contribution in [0.1, 0.15) is 38.0 Å². The maximum absolute atomic E-state index is 13.8. The molecule has 0 aliphatic rings. The molecule has 0 saturated carbocycles. The number of hydrogen-bond donors (Lipinski definition) is 2. The second kappa shape index (κ2) is 4.70. The molecule has 0 spiro atoms. The highest BCUT2D eigenvalue weighted by atomic mass is 19.1. The van der Waals surface area contributed by atoms with Gasteiger partial charge in [0.05, 0.1) is 11.7 Å². The molecule has 4 heteroatoms. The quantitative estimate of drug-likeness (QED) is 0.839. The zero-order chi connectivity index (χ0) is 13.4. The molecule has 0 aromatic heterocycles. The highest BCUT2D eigenvalue weighted by molar-refractivity contribution is 5.29. The van der Waals surface area contributed by atoms with E-state index < -0.39 is 34.8 Å². The van der Waals surface area contributed by atoms with Gasteiger partial charge in [0, 0.05) is 0 Å². The molecular formula is C13H18F2O2. The third-order valence-corrected chi connectivity index (χ3v) is 2.80. The fourth-order valence-electron chi connectivity index (χ4n) is 1.58. The minimum Gasteiger partial charge on any atom is -0.390 e. The van der Waals surface area contributed by atoms with Crippen molar-refractivity contribution in [2.24, 2.45) is 5.41 Å². The Balaban J connectivity index is 3.21. The van der Waals surface area contributed by atoms with E-state index in [0.717, 1.165) is 6.07 Å². The van der Waals surface area contributed by atoms with Crippen LogP contribution in [-0.2, 0) is 0 Å². The SMILES string of the molecule is Cc1ccc(F)c(C(O)C(O)C(C)(C)C)c1F. The van der Waals surface area contributed by atoms with E-state index in [2.05, 4.69) is 0 Å². The first kappa shape index (κ1) is 14.1. The van der Waals surface area contributed by atoms with Crippen LogP contribution >= 0.6 is 0 Å². The van der Waals surface area contributed by atoms with E-state index >= 15 is 0 Å². The second-order valence-corrected chi connectivity index (χ2v) is 5.35. The molecule has 1 aromatic rings. The molecule has 0 bridgehead atoms. The van der Waals surface area contributed by atoms with E-state index in [9.17, 15) is 19.0 Å². The van der Waals surface area contributed by atoms with E-state index in [1.807, 2.05) is 0 Å². The van der Waals surface area contributed by atoms with Gasteiger partial charge in [0.25, 0.3) is 0 Å². The highest BCUT2D eigenvalue weighted by Gasteiger charge is 2.33. The van der Waals surface area contributed by atoms with Crippen molar-refractivity contribution in [3.05, 3.63) is 34.9 Å². The molecule has 0 radical (unpaired) electrons. The van der Waals surface area contributed by atoms with Crippen molar-refractivity contribution >= 4 is 0 Å². The van der Waals surface area contributed by atoms with Crippen molar-refractivity contribution in [2.75, 3.05) is 0 Å². The van der Waals surface area contributed by atoms with Gasteiger partial charge in [-0.15, -0.1) is 0 Å². The summed E-state index contributed by atoms with van der Waals surface area (Å²) in [5, 5.41) is 19.7. The summed E-state index contributed by atoms with van der Waals surface area (Å²) in [7, 11) is 0. The molecule has 2 unspecified atom stereocenters. The lowest BCUT2D eigenvalue weighted by atomic mass is 9.83. The van der Waals surface area contributed by atoms with Gasteiger partial charge in [-0.3, -0.25) is 0 Å². The summed E-state index contributed by atoms with van der Waals surface area (Å²) in [5.74, 6) is -1.65. The Labute approximate surface area is 99.9 Å². The van der Waals surface area contributed by atoms with Crippen LogP contribution in [0.5, 0.6) is 0 Å². The Bertz CT molecular complexity index is 411. The summed E-state index contributed by atoms with van der Waals surface area (Å²) in [4.78, 5) is 0. The molecular weight excluding hydrogens is 226 g/mol. The van der Waals surface area contributed by atoms with Crippen LogP contribution < -0.4 is 0 Å². The minimum absolute atomic E-state index is 0.238. The topological polar surface area (TPSA) is 40.5 Å². The fraction of sp³-hybridized carbons (Fsp3) is 0.538. The predicted molar refractivity (Wildman–Crippen MR) is 61.5 cm³/mol. The lowest BCUT2D eigenvalue weighted by Crippen LogP contribution is -2.33. The molecule has 0 aliphatic heterocycles. The summed E-state index contributed by atoms with van der Waals surface area (Å²) in [6, 6.07) is 2.39. The Morgan fingerprint density at radius 2 is 1.65 bits per heavy atom. The summed E-state index contributed by atoms with van der Waals surface area (Å²) in [5.41, 5.74) is -0.892. The lowest BCUT2D eigenvalue weighted by Gasteiger charge is -2.30. The van der Waals surface area contributed by atoms with Crippen molar-refractivity contribution in [3.63, 3.8) is 0 Å². The van der Waals surface area contributed by atoms with E-state index in [1.54, 1.807) is 20.8 Å². The van der Waals surface area contributed by atoms with Crippen LogP contribution in [0.2, 0.25) is 0 Å². The first-order valence-electron chi connectivity index (χ1n) is 5.47. The number of aliphatic hydroxyl groups excluding tert-OH is 2. The maximum Gasteiger partial charge on any atom is 0.134 e. The number of benzene rings is 1. The first-order chi connectivity index (χ1) is 7.66. The second-order valence-electron chi connectivity index (χ2n) is 5.35. The Kier molecular flexibility index (Phi) is 3.89. The predicted octanol–water partition coefficient (Wildman–Crippen LogP) is 2.71. The summed E-state index contributed by atoms with van der Waals surface area (Å²) < 4.78 is 27.3. The molecule has 2 atom stereocenters. The van der Waals surface area contributed by atoms with Gasteiger partial charge in [-0.1, -0.05) is 26.8 Å². The first-order valence-corrected chi connectivity index (χ1v) is 5.47. The van der Waals surface area contributed by atoms with E-state index in [-0.39, 0.29) is 5.56 Å². The smallest absolute Gasteiger partial charge is 0.134 e. The van der Waals surface area contributed by atoms with E-state index in [1.165, 1.54) is 13.0 Å². The number of rotatable bonds is 2. The lowest BCUT2D eigenvalue weighted by molar-refractivity contribution is -0.0487. The fourth-order valence-corrected chi connectivity index (χ4v) is 1.58. The third kappa shape index (κ3) is 2.82. The molecule has 0 saturated heterocycles. The van der Waals surface area contributed by atoms with Crippen molar-refractivity contribution in [1.82, 2.24) is 0 Å². The number of aryl methyl sites for hydroxylation is 1. The van der Waals surface area contributed by atoms with Crippen molar-refractivity contribution < 1.29 is 19.0 Å². The third-order valence-electron chi connectivity index (χ3n) is 2.80. The van der Waals surface area contributed by atoms with E-state index in [4.69, 9.17) is 0 Å². The van der Waals surface area contributed by atoms with Crippen LogP contribution in [0.15, 0.2) is 12.1 Å². The van der Waals surface area contributed by atoms with Crippen LogP contribution in [-0.4, -0.2) is 16.3 Å². The average molecular weight is 244 g/mol. The molecule has 0 fully saturated rings. The molecule has 2 N–H and O–H groups in total. The van der Waals surface area contributed by atoms with Crippen LogP contribution in [0.25, 0.3) is 0 Å².